The number of H-pyrrole nitrogens is 1. The number of pyridine rings is 1. The first kappa shape index (κ1) is 30.5. The highest BCUT2D eigenvalue weighted by molar-refractivity contribution is 6.00. The van der Waals surface area contributed by atoms with Crippen LogP contribution in [-0.2, 0) is 12.8 Å². The Morgan fingerprint density at radius 2 is 1.63 bits per heavy atom. The number of aromatic amines is 1. The number of nitrogens with one attached hydrogen (secondary N) is 2. The second kappa shape index (κ2) is 15.5. The van der Waals surface area contributed by atoms with Crippen molar-refractivity contribution < 1.29 is 4.79 Å². The van der Waals surface area contributed by atoms with Crippen molar-refractivity contribution in [3.8, 4) is 11.3 Å². The molecule has 2 heterocycles. The summed E-state index contributed by atoms with van der Waals surface area (Å²) in [6, 6.07) is 17.1. The van der Waals surface area contributed by atoms with Crippen LogP contribution in [0.25, 0.3) is 22.2 Å². The lowest BCUT2D eigenvalue weighted by molar-refractivity contribution is 0.0751. The summed E-state index contributed by atoms with van der Waals surface area (Å²) in [7, 11) is 0. The molecular formula is C36H48N4O. The van der Waals surface area contributed by atoms with Gasteiger partial charge in [0.25, 0.3) is 5.91 Å². The smallest absolute Gasteiger partial charge is 0.253 e. The number of hydrogen-bond acceptors (Lipinski definition) is 3. The number of aromatic nitrogens is 2. The van der Waals surface area contributed by atoms with E-state index in [1.54, 1.807) is 0 Å². The van der Waals surface area contributed by atoms with Crippen molar-refractivity contribution >= 4 is 16.8 Å². The van der Waals surface area contributed by atoms with Gasteiger partial charge in [0, 0.05) is 47.6 Å². The molecule has 41 heavy (non-hydrogen) atoms. The van der Waals surface area contributed by atoms with Crippen LogP contribution in [0.1, 0.15) is 85.0 Å². The lowest BCUT2D eigenvalue weighted by Crippen LogP contribution is -2.32. The lowest BCUT2D eigenvalue weighted by atomic mass is 9.98. The van der Waals surface area contributed by atoms with Gasteiger partial charge in [0.15, 0.2) is 0 Å². The molecule has 0 aliphatic rings. The van der Waals surface area contributed by atoms with E-state index in [2.05, 4.69) is 84.3 Å². The van der Waals surface area contributed by atoms with Gasteiger partial charge >= 0.3 is 0 Å². The second-order valence-electron chi connectivity index (χ2n) is 11.4. The molecule has 0 saturated carbocycles. The molecule has 4 aromatic rings. The van der Waals surface area contributed by atoms with Gasteiger partial charge < -0.3 is 15.2 Å². The Bertz CT molecular complexity index is 1360. The standard InChI is InChI=1S/C36H48N4O/c1-5-7-20-40(21-8-6-2)36(41)30-14-15-34-33(25-30)32(35(39-34)31-23-27(3)22-28(4)24-31)16-19-37-17-10-9-12-29-13-11-18-38-26-29/h11,13-15,18,22-26,37,39H,5-10,12,16-17,19-21H2,1-4H3. The number of nitrogens with zero attached hydrogens (tertiary/aromatic N) is 2. The van der Waals surface area contributed by atoms with Crippen molar-refractivity contribution in [1.82, 2.24) is 20.2 Å². The van der Waals surface area contributed by atoms with Crippen LogP contribution in [0, 0.1) is 13.8 Å². The van der Waals surface area contributed by atoms with Crippen molar-refractivity contribution in [2.75, 3.05) is 26.2 Å². The maximum atomic E-state index is 13.6. The molecular weight excluding hydrogens is 504 g/mol. The highest BCUT2D eigenvalue weighted by Crippen LogP contribution is 2.33. The van der Waals surface area contributed by atoms with E-state index in [1.165, 1.54) is 33.5 Å². The zero-order valence-corrected chi connectivity index (χ0v) is 25.6. The van der Waals surface area contributed by atoms with Gasteiger partial charge in [-0.25, -0.2) is 0 Å². The number of carbonyl (C=O) groups is 1. The van der Waals surface area contributed by atoms with E-state index in [9.17, 15) is 4.79 Å². The van der Waals surface area contributed by atoms with E-state index >= 15 is 0 Å². The van der Waals surface area contributed by atoms with Gasteiger partial charge in [-0.2, -0.15) is 0 Å². The van der Waals surface area contributed by atoms with E-state index in [0.717, 1.165) is 94.0 Å². The van der Waals surface area contributed by atoms with Crippen molar-refractivity contribution in [3.05, 3.63) is 88.7 Å². The van der Waals surface area contributed by atoms with Crippen LogP contribution >= 0.6 is 0 Å². The van der Waals surface area contributed by atoms with Crippen molar-refractivity contribution in [3.63, 3.8) is 0 Å². The zero-order valence-electron chi connectivity index (χ0n) is 25.6. The highest BCUT2D eigenvalue weighted by Gasteiger charge is 2.19. The Labute approximate surface area is 246 Å². The van der Waals surface area contributed by atoms with Gasteiger partial charge in [-0.15, -0.1) is 0 Å². The van der Waals surface area contributed by atoms with Gasteiger partial charge in [0.1, 0.15) is 0 Å². The Morgan fingerprint density at radius 3 is 2.32 bits per heavy atom. The van der Waals surface area contributed by atoms with Crippen LogP contribution in [0.3, 0.4) is 0 Å². The molecule has 0 aliphatic heterocycles. The zero-order chi connectivity index (χ0) is 29.0. The fourth-order valence-electron chi connectivity index (χ4n) is 5.66. The van der Waals surface area contributed by atoms with Crippen LogP contribution in [0.4, 0.5) is 0 Å². The summed E-state index contributed by atoms with van der Waals surface area (Å²) in [5.41, 5.74) is 9.38. The highest BCUT2D eigenvalue weighted by atomic mass is 16.2. The summed E-state index contributed by atoms with van der Waals surface area (Å²) < 4.78 is 0. The normalized spacial score (nSPS) is 11.3. The number of aryl methyl sites for hydroxylation is 3. The summed E-state index contributed by atoms with van der Waals surface area (Å²) in [6.07, 6.45) is 12.3. The Hall–Kier alpha value is -3.44. The average Bonchev–Trinajstić information content (AvgIpc) is 3.34. The maximum absolute atomic E-state index is 13.6. The summed E-state index contributed by atoms with van der Waals surface area (Å²) >= 11 is 0. The van der Waals surface area contributed by atoms with Crippen LogP contribution in [0.2, 0.25) is 0 Å². The number of amides is 1. The first-order valence-corrected chi connectivity index (χ1v) is 15.6. The number of hydrogen-bond donors (Lipinski definition) is 2. The molecule has 218 valence electrons. The van der Waals surface area contributed by atoms with E-state index < -0.39 is 0 Å². The molecule has 2 aromatic carbocycles. The van der Waals surface area contributed by atoms with Crippen LogP contribution < -0.4 is 5.32 Å². The third-order valence-electron chi connectivity index (χ3n) is 7.86. The molecule has 0 bridgehead atoms. The molecule has 0 aliphatic carbocycles. The van der Waals surface area contributed by atoms with Gasteiger partial charge in [-0.05, 0) is 119 Å². The molecule has 0 spiro atoms. The topological polar surface area (TPSA) is 61.0 Å². The molecule has 0 radical (unpaired) electrons. The maximum Gasteiger partial charge on any atom is 0.253 e. The third-order valence-corrected chi connectivity index (χ3v) is 7.86. The molecule has 0 atom stereocenters. The summed E-state index contributed by atoms with van der Waals surface area (Å²) in [5, 5.41) is 4.83. The molecule has 5 nitrogen and oxygen atoms in total. The van der Waals surface area contributed by atoms with Crippen molar-refractivity contribution in [2.45, 2.75) is 79.1 Å². The molecule has 2 N–H and O–H groups in total. The Kier molecular flexibility index (Phi) is 11.6. The summed E-state index contributed by atoms with van der Waals surface area (Å²) in [4.78, 5) is 23.6. The van der Waals surface area contributed by atoms with Crippen LogP contribution in [0.15, 0.2) is 60.9 Å². The minimum atomic E-state index is 0.153. The Morgan fingerprint density at radius 1 is 0.878 bits per heavy atom. The number of benzene rings is 2. The summed E-state index contributed by atoms with van der Waals surface area (Å²) in [6.45, 7) is 12.2. The Balaban J connectivity index is 1.53. The summed E-state index contributed by atoms with van der Waals surface area (Å²) in [5.74, 6) is 0.153. The van der Waals surface area contributed by atoms with Gasteiger partial charge in [-0.3, -0.25) is 9.78 Å². The minimum absolute atomic E-state index is 0.153. The number of fused-ring (bicyclic) bond motifs is 1. The fraction of sp³-hybridized carbons (Fsp3) is 0.444. The average molecular weight is 553 g/mol. The van der Waals surface area contributed by atoms with Crippen LogP contribution in [0.5, 0.6) is 0 Å². The molecule has 2 aromatic heterocycles. The number of rotatable bonds is 16. The molecule has 0 fully saturated rings. The number of unbranched alkanes of at least 4 members (excludes halogenated alkanes) is 3. The fourth-order valence-corrected chi connectivity index (χ4v) is 5.66. The third kappa shape index (κ3) is 8.53. The largest absolute Gasteiger partial charge is 0.354 e. The van der Waals surface area contributed by atoms with E-state index in [4.69, 9.17) is 0 Å². The molecule has 4 rings (SSSR count). The van der Waals surface area contributed by atoms with Gasteiger partial charge in [0.05, 0.1) is 0 Å². The van der Waals surface area contributed by atoms with Crippen molar-refractivity contribution in [1.29, 1.82) is 0 Å². The SMILES string of the molecule is CCCCN(CCCC)C(=O)c1ccc2[nH]c(-c3cc(C)cc(C)c3)c(CCNCCCCc3cccnc3)c2c1. The number of carbonyl (C=O) groups excluding carboxylic acids is 1. The molecule has 0 saturated heterocycles. The lowest BCUT2D eigenvalue weighted by Gasteiger charge is -2.22. The molecule has 5 heteroatoms. The van der Waals surface area contributed by atoms with E-state index in [1.807, 2.05) is 24.5 Å². The van der Waals surface area contributed by atoms with Crippen LogP contribution in [-0.4, -0.2) is 47.0 Å². The first-order chi connectivity index (χ1) is 20.0. The molecule has 0 unspecified atom stereocenters. The van der Waals surface area contributed by atoms with Gasteiger partial charge in [-0.1, -0.05) is 49.9 Å². The second-order valence-corrected chi connectivity index (χ2v) is 11.4. The van der Waals surface area contributed by atoms with E-state index in [-0.39, 0.29) is 5.91 Å². The first-order valence-electron chi connectivity index (χ1n) is 15.6. The van der Waals surface area contributed by atoms with Crippen molar-refractivity contribution in [2.24, 2.45) is 0 Å². The molecule has 1 amide bonds. The van der Waals surface area contributed by atoms with E-state index in [0.29, 0.717) is 0 Å². The quantitative estimate of drug-likeness (QED) is 0.138. The van der Waals surface area contributed by atoms with Gasteiger partial charge in [0.2, 0.25) is 0 Å². The predicted octanol–water partition coefficient (Wildman–Crippen LogP) is 8.04. The monoisotopic (exact) mass is 552 g/mol. The minimum Gasteiger partial charge on any atom is -0.354 e. The predicted molar refractivity (Wildman–Crippen MR) is 173 cm³/mol.